The van der Waals surface area contributed by atoms with Gasteiger partial charge >= 0.3 is 0 Å². The zero-order valence-electron chi connectivity index (χ0n) is 16.4. The van der Waals surface area contributed by atoms with Gasteiger partial charge in [0.05, 0.1) is 16.6 Å². The summed E-state index contributed by atoms with van der Waals surface area (Å²) < 4.78 is 4.30. The Labute approximate surface area is 175 Å². The van der Waals surface area contributed by atoms with Crippen molar-refractivity contribution in [1.29, 1.82) is 0 Å². The van der Waals surface area contributed by atoms with Crippen molar-refractivity contribution in [3.05, 3.63) is 72.9 Å². The van der Waals surface area contributed by atoms with Gasteiger partial charge in [0.25, 0.3) is 0 Å². The van der Waals surface area contributed by atoms with E-state index in [0.717, 1.165) is 44.0 Å². The molecule has 0 atom stereocenters. The normalized spacial score (nSPS) is 11.8. The van der Waals surface area contributed by atoms with Crippen molar-refractivity contribution in [3.8, 4) is 11.6 Å². The lowest BCUT2D eigenvalue weighted by Gasteiger charge is -2.11. The Bertz CT molecular complexity index is 1610. The molecule has 0 amide bonds. The first kappa shape index (κ1) is 17.2. The number of aromatic hydroxyl groups is 1. The Morgan fingerprint density at radius 1 is 0.833 bits per heavy atom. The van der Waals surface area contributed by atoms with Crippen LogP contribution in [0.5, 0.6) is 5.75 Å². The maximum Gasteiger partial charge on any atom is 0.249 e. The molecule has 3 aromatic heterocycles. The van der Waals surface area contributed by atoms with E-state index >= 15 is 0 Å². The lowest BCUT2D eigenvalue weighted by atomic mass is 9.94. The summed E-state index contributed by atoms with van der Waals surface area (Å²) in [6, 6.07) is 21.8. The van der Waals surface area contributed by atoms with Crippen LogP contribution in [0.15, 0.2) is 72.9 Å². The van der Waals surface area contributed by atoms with Crippen molar-refractivity contribution >= 4 is 64.3 Å². The molecule has 0 saturated heterocycles. The van der Waals surface area contributed by atoms with Gasteiger partial charge in [0.15, 0.2) is 5.82 Å². The first-order valence-electron chi connectivity index (χ1n) is 9.87. The molecule has 6 heteroatoms. The van der Waals surface area contributed by atoms with Gasteiger partial charge < -0.3 is 9.58 Å². The van der Waals surface area contributed by atoms with E-state index in [1.54, 1.807) is 12.1 Å². The van der Waals surface area contributed by atoms with Crippen LogP contribution in [-0.4, -0.2) is 34.4 Å². The molecule has 0 saturated carbocycles. The van der Waals surface area contributed by atoms with Crippen LogP contribution < -0.4 is 5.46 Å². The summed E-state index contributed by atoms with van der Waals surface area (Å²) in [5, 5.41) is 14.6. The molecule has 3 radical (unpaired) electrons. The second-order valence-corrected chi connectivity index (χ2v) is 7.49. The first-order chi connectivity index (χ1) is 14.7. The van der Waals surface area contributed by atoms with Crippen molar-refractivity contribution in [2.24, 2.45) is 0 Å². The van der Waals surface area contributed by atoms with E-state index in [2.05, 4.69) is 46.8 Å². The van der Waals surface area contributed by atoms with Crippen LogP contribution in [0, 0.1) is 0 Å². The van der Waals surface area contributed by atoms with Gasteiger partial charge in [-0.05, 0) is 30.3 Å². The minimum Gasteiger partial charge on any atom is -0.508 e. The molecule has 0 aliphatic carbocycles. The van der Waals surface area contributed by atoms with E-state index in [-0.39, 0.29) is 5.75 Å². The topological polar surface area (TPSA) is 43.0 Å². The smallest absolute Gasteiger partial charge is 0.249 e. The third kappa shape index (κ3) is 2.22. The van der Waals surface area contributed by atoms with Crippen LogP contribution in [0.1, 0.15) is 0 Å². The van der Waals surface area contributed by atoms with Crippen LogP contribution in [0.2, 0.25) is 6.82 Å². The monoisotopic (exact) mass is 384 g/mol. The lowest BCUT2D eigenvalue weighted by molar-refractivity contribution is 0.476. The molecular formula is C24H16B2N3O. The number of nitrogens with zero attached hydrogens (tertiary/aromatic N) is 3. The number of aromatic nitrogens is 3. The van der Waals surface area contributed by atoms with Crippen LogP contribution in [0.3, 0.4) is 0 Å². The maximum atomic E-state index is 10.2. The maximum absolute atomic E-state index is 10.2. The van der Waals surface area contributed by atoms with Gasteiger partial charge in [-0.3, -0.25) is 4.57 Å². The highest BCUT2D eigenvalue weighted by Gasteiger charge is 2.19. The van der Waals surface area contributed by atoms with E-state index in [0.29, 0.717) is 5.46 Å². The van der Waals surface area contributed by atoms with Gasteiger partial charge in [-0.1, -0.05) is 42.6 Å². The van der Waals surface area contributed by atoms with Crippen molar-refractivity contribution in [3.63, 3.8) is 0 Å². The van der Waals surface area contributed by atoms with E-state index in [1.165, 1.54) is 5.39 Å². The molecule has 0 aliphatic rings. The molecule has 139 valence electrons. The lowest BCUT2D eigenvalue weighted by Crippen LogP contribution is -2.06. The van der Waals surface area contributed by atoms with Gasteiger partial charge in [0.2, 0.25) is 7.41 Å². The fourth-order valence-electron chi connectivity index (χ4n) is 4.62. The molecule has 30 heavy (non-hydrogen) atoms. The predicted molar refractivity (Wildman–Crippen MR) is 126 cm³/mol. The average molecular weight is 384 g/mol. The molecular weight excluding hydrogens is 368 g/mol. The zero-order chi connectivity index (χ0) is 20.4. The van der Waals surface area contributed by atoms with E-state index in [4.69, 9.17) is 12.8 Å². The highest BCUT2D eigenvalue weighted by molar-refractivity contribution is 6.38. The van der Waals surface area contributed by atoms with Crippen molar-refractivity contribution in [2.75, 3.05) is 0 Å². The summed E-state index contributed by atoms with van der Waals surface area (Å²) in [6.45, 7) is 2.03. The average Bonchev–Trinajstić information content (AvgIpc) is 3.25. The number of pyridine rings is 1. The number of hydrogen-bond donors (Lipinski definition) is 1. The predicted octanol–water partition coefficient (Wildman–Crippen LogP) is 4.30. The number of hydrogen-bond acceptors (Lipinski definition) is 2. The summed E-state index contributed by atoms with van der Waals surface area (Å²) in [7, 11) is 8.17. The quantitative estimate of drug-likeness (QED) is 0.453. The minimum atomic E-state index is 0.217. The first-order valence-corrected chi connectivity index (χ1v) is 9.87. The Hall–Kier alpha value is -3.66. The third-order valence-corrected chi connectivity index (χ3v) is 5.84. The van der Waals surface area contributed by atoms with E-state index in [9.17, 15) is 5.11 Å². The summed E-state index contributed by atoms with van der Waals surface area (Å²) >= 11 is 0. The van der Waals surface area contributed by atoms with Crippen molar-refractivity contribution in [1.82, 2.24) is 14.0 Å². The molecule has 3 aromatic carbocycles. The van der Waals surface area contributed by atoms with Gasteiger partial charge in [0.1, 0.15) is 13.6 Å². The number of para-hydroxylation sites is 1. The molecule has 4 nitrogen and oxygen atoms in total. The molecule has 0 unspecified atom stereocenters. The molecule has 0 fully saturated rings. The van der Waals surface area contributed by atoms with Crippen LogP contribution in [0.25, 0.3) is 49.4 Å². The van der Waals surface area contributed by atoms with Gasteiger partial charge in [-0.15, -0.1) is 0 Å². The Balaban J connectivity index is 1.86. The molecule has 1 N–H and O–H groups in total. The van der Waals surface area contributed by atoms with Crippen LogP contribution >= 0.6 is 0 Å². The summed E-state index contributed by atoms with van der Waals surface area (Å²) in [4.78, 5) is 4.81. The number of phenols is 1. The van der Waals surface area contributed by atoms with Gasteiger partial charge in [-0.2, -0.15) is 0 Å². The molecule has 0 spiro atoms. The van der Waals surface area contributed by atoms with Gasteiger partial charge in [0, 0.05) is 39.3 Å². The van der Waals surface area contributed by atoms with Crippen molar-refractivity contribution in [2.45, 2.75) is 6.82 Å². The zero-order valence-corrected chi connectivity index (χ0v) is 16.4. The van der Waals surface area contributed by atoms with Gasteiger partial charge in [-0.25, -0.2) is 4.98 Å². The molecule has 0 aliphatic heterocycles. The highest BCUT2D eigenvalue weighted by Crippen LogP contribution is 2.37. The number of fused-ring (bicyclic) bond motifs is 6. The molecule has 3 heterocycles. The minimum absolute atomic E-state index is 0.217. The van der Waals surface area contributed by atoms with Crippen LogP contribution in [0.4, 0.5) is 0 Å². The Kier molecular flexibility index (Phi) is 3.54. The largest absolute Gasteiger partial charge is 0.508 e. The Morgan fingerprint density at radius 3 is 2.53 bits per heavy atom. The highest BCUT2D eigenvalue weighted by atomic mass is 16.3. The molecule has 0 bridgehead atoms. The van der Waals surface area contributed by atoms with Crippen LogP contribution in [-0.2, 0) is 0 Å². The molecule has 6 aromatic rings. The number of benzene rings is 3. The Morgan fingerprint density at radius 2 is 1.67 bits per heavy atom. The van der Waals surface area contributed by atoms with E-state index in [1.807, 2.05) is 37.3 Å². The summed E-state index contributed by atoms with van der Waals surface area (Å²) in [5.74, 6) is 1.03. The summed E-state index contributed by atoms with van der Waals surface area (Å²) in [5.41, 5.74) is 4.76. The van der Waals surface area contributed by atoms with E-state index < -0.39 is 0 Å². The SMILES string of the molecule is [B]c1ccc2c(c1)c1ccc(O)cc1n2-c1nccc2c3ccccc3n([B]C)c12. The second-order valence-electron chi connectivity index (χ2n) is 7.49. The van der Waals surface area contributed by atoms with Crippen molar-refractivity contribution < 1.29 is 5.11 Å². The number of rotatable bonds is 2. The standard InChI is InChI=1S/C24H16B2N3O/c1-26-29-21-5-3-2-4-16(21)18-10-11-27-24(23(18)29)28-20-9-6-14(25)12-19(20)17-8-7-15(30)13-22(17)28/h2-13,30H,1H3. The molecule has 6 rings (SSSR count). The second kappa shape index (κ2) is 6.17. The number of phenolic OH excluding ortho intramolecular Hbond substituents is 1. The fraction of sp³-hybridized carbons (Fsp3) is 0.0417. The fourth-order valence-corrected chi connectivity index (χ4v) is 4.62. The summed E-state index contributed by atoms with van der Waals surface area (Å²) in [6.07, 6.45) is 1.85. The third-order valence-electron chi connectivity index (χ3n) is 5.84.